The van der Waals surface area contributed by atoms with Crippen LogP contribution in [-0.4, -0.2) is 55.1 Å². The summed E-state index contributed by atoms with van der Waals surface area (Å²) >= 11 is 0. The van der Waals surface area contributed by atoms with Gasteiger partial charge in [-0.05, 0) is 63.8 Å². The summed E-state index contributed by atoms with van der Waals surface area (Å²) in [6, 6.07) is 1.51. The molecule has 1 heterocycles. The van der Waals surface area contributed by atoms with E-state index in [1.54, 1.807) is 4.90 Å². The van der Waals surface area contributed by atoms with E-state index in [4.69, 9.17) is 10.5 Å². The van der Waals surface area contributed by atoms with E-state index < -0.39 is 34.9 Å². The number of amides is 1. The van der Waals surface area contributed by atoms with Crippen molar-refractivity contribution in [1.82, 2.24) is 4.90 Å². The van der Waals surface area contributed by atoms with Gasteiger partial charge in [0.1, 0.15) is 5.82 Å². The van der Waals surface area contributed by atoms with Gasteiger partial charge in [-0.1, -0.05) is 6.08 Å². The predicted octanol–water partition coefficient (Wildman–Crippen LogP) is 3.68. The third kappa shape index (κ3) is 5.40. The zero-order valence-corrected chi connectivity index (χ0v) is 19.3. The lowest BCUT2D eigenvalue weighted by atomic mass is 9.77. The zero-order valence-electron chi connectivity index (χ0n) is 19.3. The molecule has 0 bridgehead atoms. The highest BCUT2D eigenvalue weighted by Gasteiger charge is 2.44. The number of anilines is 1. The highest BCUT2D eigenvalue weighted by atomic mass is 19.2. The largest absolute Gasteiger partial charge is 0.446 e. The minimum absolute atomic E-state index is 0.0940. The Balaban J connectivity index is 1.23. The summed E-state index contributed by atoms with van der Waals surface area (Å²) < 4.78 is 46.5. The van der Waals surface area contributed by atoms with Crippen LogP contribution in [0.4, 0.5) is 18.9 Å². The molecule has 2 N–H and O–H groups in total. The van der Waals surface area contributed by atoms with Gasteiger partial charge >= 0.3 is 5.97 Å². The van der Waals surface area contributed by atoms with Crippen LogP contribution in [0.25, 0.3) is 0 Å². The second-order valence-corrected chi connectivity index (χ2v) is 9.65. The third-order valence-corrected chi connectivity index (χ3v) is 7.51. The number of nitrogens with zero attached hydrogens (tertiary/aromatic N) is 2. The second-order valence-electron chi connectivity index (χ2n) is 9.65. The van der Waals surface area contributed by atoms with Gasteiger partial charge < -0.3 is 15.4 Å². The quantitative estimate of drug-likeness (QED) is 0.477. The van der Waals surface area contributed by atoms with Gasteiger partial charge in [0.2, 0.25) is 0 Å². The molecule has 6 nitrogen and oxygen atoms in total. The van der Waals surface area contributed by atoms with Crippen molar-refractivity contribution in [2.45, 2.75) is 57.0 Å². The molecular weight excluding hydrogens is 447 g/mol. The Kier molecular flexibility index (Phi) is 7.50. The fourth-order valence-corrected chi connectivity index (χ4v) is 5.26. The first-order valence-corrected chi connectivity index (χ1v) is 12.1. The number of carbonyl (C=O) groups is 2. The Bertz CT molecular complexity index is 952. The molecule has 34 heavy (non-hydrogen) atoms. The van der Waals surface area contributed by atoms with Crippen LogP contribution in [0.15, 0.2) is 23.8 Å². The molecule has 1 saturated carbocycles. The summed E-state index contributed by atoms with van der Waals surface area (Å²) in [6.07, 6.45) is 7.69. The molecule has 0 unspecified atom stereocenters. The Morgan fingerprint density at radius 1 is 1.03 bits per heavy atom. The van der Waals surface area contributed by atoms with Crippen molar-refractivity contribution in [3.05, 3.63) is 41.2 Å². The molecule has 1 saturated heterocycles. The molecule has 9 heteroatoms. The molecule has 0 radical (unpaired) electrons. The van der Waals surface area contributed by atoms with Gasteiger partial charge in [-0.3, -0.25) is 9.69 Å². The van der Waals surface area contributed by atoms with Crippen LogP contribution < -0.4 is 10.6 Å². The number of hydrogen-bond donors (Lipinski definition) is 1. The smallest absolute Gasteiger partial charge is 0.334 e. The summed E-state index contributed by atoms with van der Waals surface area (Å²) in [5, 5.41) is 0. The van der Waals surface area contributed by atoms with E-state index in [-0.39, 0.29) is 5.69 Å². The first-order chi connectivity index (χ1) is 16.3. The predicted molar refractivity (Wildman–Crippen MR) is 121 cm³/mol. The van der Waals surface area contributed by atoms with Crippen molar-refractivity contribution in [1.29, 1.82) is 0 Å². The normalized spacial score (nSPS) is 25.8. The maximum absolute atomic E-state index is 14.1. The van der Waals surface area contributed by atoms with Crippen LogP contribution in [0.5, 0.6) is 0 Å². The van der Waals surface area contributed by atoms with E-state index in [0.29, 0.717) is 63.0 Å². The summed E-state index contributed by atoms with van der Waals surface area (Å²) in [5.41, 5.74) is 5.18. The topological polar surface area (TPSA) is 75.9 Å². The zero-order chi connectivity index (χ0) is 24.3. The minimum atomic E-state index is -1.21. The SMILES string of the molecule is NC(=O)C1(OC(=O)C2=CCCC2)CCC(CCN2CCN(c3cc(F)c(F)cc3F)CC2)CC1. The number of primary amides is 1. The second kappa shape index (κ2) is 10.4. The molecule has 4 rings (SSSR count). The summed E-state index contributed by atoms with van der Waals surface area (Å²) in [5.74, 6) is -3.56. The van der Waals surface area contributed by atoms with Crippen LogP contribution in [0.1, 0.15) is 51.4 Å². The number of carbonyl (C=O) groups excluding carboxylic acids is 2. The number of esters is 1. The van der Waals surface area contributed by atoms with Gasteiger partial charge in [0, 0.05) is 43.9 Å². The van der Waals surface area contributed by atoms with Gasteiger partial charge in [-0.15, -0.1) is 0 Å². The van der Waals surface area contributed by atoms with E-state index in [1.807, 2.05) is 6.08 Å². The van der Waals surface area contributed by atoms with Crippen LogP contribution in [0, 0.1) is 23.4 Å². The maximum atomic E-state index is 14.1. The van der Waals surface area contributed by atoms with Crippen molar-refractivity contribution >= 4 is 17.6 Å². The molecule has 0 atom stereocenters. The van der Waals surface area contributed by atoms with Crippen molar-refractivity contribution in [3.63, 3.8) is 0 Å². The summed E-state index contributed by atoms with van der Waals surface area (Å²) in [7, 11) is 0. The Morgan fingerprint density at radius 2 is 1.71 bits per heavy atom. The number of rotatable bonds is 7. The van der Waals surface area contributed by atoms with Crippen LogP contribution in [0.2, 0.25) is 0 Å². The molecule has 186 valence electrons. The van der Waals surface area contributed by atoms with Gasteiger partial charge in [-0.2, -0.15) is 0 Å². The third-order valence-electron chi connectivity index (χ3n) is 7.51. The molecular formula is C25H32F3N3O3. The van der Waals surface area contributed by atoms with E-state index in [2.05, 4.69) is 4.90 Å². The number of piperazine rings is 1. The molecule has 1 amide bonds. The number of hydrogen-bond acceptors (Lipinski definition) is 5. The minimum Gasteiger partial charge on any atom is -0.446 e. The number of benzene rings is 1. The van der Waals surface area contributed by atoms with Crippen molar-refractivity contribution in [2.75, 3.05) is 37.6 Å². The monoisotopic (exact) mass is 479 g/mol. The molecule has 3 aliphatic rings. The molecule has 0 aromatic heterocycles. The van der Waals surface area contributed by atoms with Crippen LogP contribution >= 0.6 is 0 Å². The van der Waals surface area contributed by atoms with E-state index in [1.165, 1.54) is 0 Å². The maximum Gasteiger partial charge on any atom is 0.334 e. The molecule has 1 aromatic rings. The van der Waals surface area contributed by atoms with E-state index >= 15 is 0 Å². The Labute approximate surface area is 197 Å². The fourth-order valence-electron chi connectivity index (χ4n) is 5.26. The molecule has 1 aliphatic heterocycles. The van der Waals surface area contributed by atoms with Gasteiger partial charge in [-0.25, -0.2) is 18.0 Å². The standard InChI is InChI=1S/C25H32F3N3O3/c26-19-15-21(28)22(16-20(19)27)31-13-11-30(12-14-31)10-7-17-5-8-25(9-6-17,24(29)33)34-23(32)18-3-1-2-4-18/h3,15-17H,1-2,4-14H2,(H2,29,33). The van der Waals surface area contributed by atoms with Gasteiger partial charge in [0.15, 0.2) is 17.2 Å². The lowest BCUT2D eigenvalue weighted by Gasteiger charge is -2.39. The summed E-state index contributed by atoms with van der Waals surface area (Å²) in [6.45, 7) is 3.31. The number of halogens is 3. The van der Waals surface area contributed by atoms with Crippen molar-refractivity contribution < 1.29 is 27.5 Å². The van der Waals surface area contributed by atoms with Gasteiger partial charge in [0.05, 0.1) is 5.69 Å². The Morgan fingerprint density at radius 3 is 2.32 bits per heavy atom. The molecule has 0 spiro atoms. The van der Waals surface area contributed by atoms with Crippen molar-refractivity contribution in [3.8, 4) is 0 Å². The molecule has 1 aromatic carbocycles. The lowest BCUT2D eigenvalue weighted by Crippen LogP contribution is -2.50. The highest BCUT2D eigenvalue weighted by molar-refractivity contribution is 5.93. The van der Waals surface area contributed by atoms with Gasteiger partial charge in [0.25, 0.3) is 5.91 Å². The average molecular weight is 480 g/mol. The number of ether oxygens (including phenoxy) is 1. The van der Waals surface area contributed by atoms with E-state index in [9.17, 15) is 22.8 Å². The Hall–Kier alpha value is -2.55. The fraction of sp³-hybridized carbons (Fsp3) is 0.600. The molecule has 2 fully saturated rings. The number of nitrogens with two attached hydrogens (primary N) is 1. The average Bonchev–Trinajstić information content (AvgIpc) is 3.37. The number of allylic oxidation sites excluding steroid dienone is 1. The van der Waals surface area contributed by atoms with Crippen molar-refractivity contribution in [2.24, 2.45) is 11.7 Å². The van der Waals surface area contributed by atoms with E-state index in [0.717, 1.165) is 44.7 Å². The lowest BCUT2D eigenvalue weighted by molar-refractivity contribution is -0.168. The van der Waals surface area contributed by atoms with Crippen LogP contribution in [0.3, 0.4) is 0 Å². The first kappa shape index (κ1) is 24.6. The highest BCUT2D eigenvalue weighted by Crippen LogP contribution is 2.37. The first-order valence-electron chi connectivity index (χ1n) is 12.1. The van der Waals surface area contributed by atoms with Crippen LogP contribution in [-0.2, 0) is 14.3 Å². The summed E-state index contributed by atoms with van der Waals surface area (Å²) in [4.78, 5) is 28.7. The molecule has 2 aliphatic carbocycles.